The molecule has 7 heteroatoms. The van der Waals surface area contributed by atoms with Crippen LogP contribution in [0.2, 0.25) is 0 Å². The Labute approximate surface area is 187 Å². The third-order valence-electron chi connectivity index (χ3n) is 4.69. The first-order valence-electron chi connectivity index (χ1n) is 10.2. The molecule has 3 rings (SSSR count). The molecular weight excluding hydrogens is 408 g/mol. The first-order valence-corrected chi connectivity index (χ1v) is 11.2. The van der Waals surface area contributed by atoms with Crippen LogP contribution < -0.4 is 10.1 Å². The minimum atomic E-state index is -0.0925. The Balaban J connectivity index is 1.59. The van der Waals surface area contributed by atoms with Gasteiger partial charge in [-0.3, -0.25) is 9.36 Å². The van der Waals surface area contributed by atoms with Gasteiger partial charge in [-0.2, -0.15) is 0 Å². The van der Waals surface area contributed by atoms with Crippen molar-refractivity contribution in [1.82, 2.24) is 14.8 Å². The van der Waals surface area contributed by atoms with Gasteiger partial charge in [0.25, 0.3) is 0 Å². The fraction of sp³-hybridized carbons (Fsp3) is 0.292. The second-order valence-corrected chi connectivity index (χ2v) is 8.46. The summed E-state index contributed by atoms with van der Waals surface area (Å²) in [5.41, 5.74) is 3.20. The van der Waals surface area contributed by atoms with E-state index in [0.717, 1.165) is 17.0 Å². The summed E-state index contributed by atoms with van der Waals surface area (Å²) in [6.45, 7) is 11.0. The van der Waals surface area contributed by atoms with Crippen LogP contribution in [0.15, 0.2) is 66.3 Å². The van der Waals surface area contributed by atoms with Crippen LogP contribution in [-0.4, -0.2) is 26.4 Å². The van der Waals surface area contributed by atoms with Crippen LogP contribution in [0, 0.1) is 6.92 Å². The molecule has 1 N–H and O–H groups in total. The van der Waals surface area contributed by atoms with Crippen LogP contribution >= 0.6 is 11.8 Å². The van der Waals surface area contributed by atoms with Crippen molar-refractivity contribution in [2.24, 2.45) is 0 Å². The number of amides is 1. The highest BCUT2D eigenvalue weighted by atomic mass is 32.2. The fourth-order valence-corrected chi connectivity index (χ4v) is 3.67. The lowest BCUT2D eigenvalue weighted by Crippen LogP contribution is -2.15. The van der Waals surface area contributed by atoms with Crippen molar-refractivity contribution in [2.45, 2.75) is 45.0 Å². The van der Waals surface area contributed by atoms with Crippen LogP contribution in [0.4, 0.5) is 5.69 Å². The molecule has 162 valence electrons. The highest BCUT2D eigenvalue weighted by Gasteiger charge is 2.14. The van der Waals surface area contributed by atoms with E-state index in [4.69, 9.17) is 4.74 Å². The number of ether oxygens (including phenoxy) is 1. The number of aromatic nitrogens is 3. The molecular formula is C24H28N4O2S. The molecule has 1 amide bonds. The number of carbonyl (C=O) groups is 1. The Hall–Kier alpha value is -3.06. The lowest BCUT2D eigenvalue weighted by atomic mass is 10.0. The van der Waals surface area contributed by atoms with E-state index in [2.05, 4.69) is 48.1 Å². The lowest BCUT2D eigenvalue weighted by Gasteiger charge is -2.10. The summed E-state index contributed by atoms with van der Waals surface area (Å²) in [6, 6.07) is 15.8. The van der Waals surface area contributed by atoms with Crippen molar-refractivity contribution < 1.29 is 9.53 Å². The Morgan fingerprint density at radius 2 is 1.87 bits per heavy atom. The van der Waals surface area contributed by atoms with Gasteiger partial charge >= 0.3 is 0 Å². The molecule has 0 aliphatic carbocycles. The maximum Gasteiger partial charge on any atom is 0.234 e. The SMILES string of the molecule is C=CCn1c(COc2ccc(C(C)C)cc2)nnc1SCC(=O)Nc1ccc(C)cc1. The van der Waals surface area contributed by atoms with Gasteiger partial charge in [-0.25, -0.2) is 0 Å². The maximum absolute atomic E-state index is 12.3. The number of thioether (sulfide) groups is 1. The first kappa shape index (κ1) is 22.6. The lowest BCUT2D eigenvalue weighted by molar-refractivity contribution is -0.113. The number of aryl methyl sites for hydroxylation is 1. The summed E-state index contributed by atoms with van der Waals surface area (Å²) in [5, 5.41) is 12.1. The van der Waals surface area contributed by atoms with E-state index < -0.39 is 0 Å². The van der Waals surface area contributed by atoms with Gasteiger partial charge in [0.05, 0.1) is 5.75 Å². The number of benzene rings is 2. The van der Waals surface area contributed by atoms with Crippen molar-refractivity contribution in [3.63, 3.8) is 0 Å². The summed E-state index contributed by atoms with van der Waals surface area (Å²) >= 11 is 1.34. The number of nitrogens with one attached hydrogen (secondary N) is 1. The average molecular weight is 437 g/mol. The molecule has 1 heterocycles. The number of carbonyl (C=O) groups excluding carboxylic acids is 1. The van der Waals surface area contributed by atoms with Gasteiger partial charge in [0.2, 0.25) is 5.91 Å². The number of hydrogen-bond acceptors (Lipinski definition) is 5. The molecule has 0 atom stereocenters. The van der Waals surface area contributed by atoms with Gasteiger partial charge in [0.15, 0.2) is 11.0 Å². The normalized spacial score (nSPS) is 10.8. The zero-order valence-corrected chi connectivity index (χ0v) is 19.0. The molecule has 0 aliphatic heterocycles. The number of anilines is 1. The van der Waals surface area contributed by atoms with E-state index in [1.54, 1.807) is 6.08 Å². The van der Waals surface area contributed by atoms with Gasteiger partial charge < -0.3 is 10.1 Å². The van der Waals surface area contributed by atoms with Crippen molar-refractivity contribution in [1.29, 1.82) is 0 Å². The predicted octanol–water partition coefficient (Wildman–Crippen LogP) is 5.21. The van der Waals surface area contributed by atoms with Gasteiger partial charge in [0, 0.05) is 12.2 Å². The second-order valence-electron chi connectivity index (χ2n) is 7.51. The largest absolute Gasteiger partial charge is 0.486 e. The maximum atomic E-state index is 12.3. The Morgan fingerprint density at radius 3 is 2.52 bits per heavy atom. The summed E-state index contributed by atoms with van der Waals surface area (Å²) in [4.78, 5) is 12.3. The number of rotatable bonds is 10. The van der Waals surface area contributed by atoms with Crippen molar-refractivity contribution in [2.75, 3.05) is 11.1 Å². The second kappa shape index (κ2) is 10.8. The number of hydrogen-bond donors (Lipinski definition) is 1. The van der Waals surface area contributed by atoms with Crippen LogP contribution in [-0.2, 0) is 17.9 Å². The summed E-state index contributed by atoms with van der Waals surface area (Å²) in [5.74, 6) is 2.09. The van der Waals surface area contributed by atoms with E-state index in [-0.39, 0.29) is 18.3 Å². The highest BCUT2D eigenvalue weighted by Crippen LogP contribution is 2.21. The van der Waals surface area contributed by atoms with E-state index in [9.17, 15) is 4.79 Å². The smallest absolute Gasteiger partial charge is 0.234 e. The fourth-order valence-electron chi connectivity index (χ4n) is 2.91. The van der Waals surface area contributed by atoms with E-state index >= 15 is 0 Å². The van der Waals surface area contributed by atoms with Gasteiger partial charge in [0.1, 0.15) is 12.4 Å². The third-order valence-corrected chi connectivity index (χ3v) is 5.65. The van der Waals surface area contributed by atoms with E-state index in [0.29, 0.717) is 23.4 Å². The van der Waals surface area contributed by atoms with Crippen LogP contribution in [0.5, 0.6) is 5.75 Å². The molecule has 0 saturated heterocycles. The van der Waals surface area contributed by atoms with Gasteiger partial charge in [-0.1, -0.05) is 61.5 Å². The predicted molar refractivity (Wildman–Crippen MR) is 126 cm³/mol. The van der Waals surface area contributed by atoms with Gasteiger partial charge in [-0.15, -0.1) is 16.8 Å². The molecule has 0 aliphatic rings. The zero-order chi connectivity index (χ0) is 22.2. The molecule has 0 spiro atoms. The molecule has 0 bridgehead atoms. The molecule has 6 nitrogen and oxygen atoms in total. The summed E-state index contributed by atoms with van der Waals surface area (Å²) in [7, 11) is 0. The Bertz CT molecular complexity index is 1010. The number of nitrogens with zero attached hydrogens (tertiary/aromatic N) is 3. The summed E-state index contributed by atoms with van der Waals surface area (Å²) in [6.07, 6.45) is 1.78. The van der Waals surface area contributed by atoms with E-state index in [1.165, 1.54) is 17.3 Å². The monoisotopic (exact) mass is 436 g/mol. The standard InChI is InChI=1S/C24H28N4O2S/c1-5-14-28-22(15-30-21-12-8-19(9-13-21)17(2)3)26-27-24(28)31-16-23(29)25-20-10-6-18(4)7-11-20/h5-13,17H,1,14-16H2,2-4H3,(H,25,29). The van der Waals surface area contributed by atoms with Crippen LogP contribution in [0.25, 0.3) is 0 Å². The zero-order valence-electron chi connectivity index (χ0n) is 18.2. The average Bonchev–Trinajstić information content (AvgIpc) is 3.14. The molecule has 1 aromatic heterocycles. The van der Waals surface area contributed by atoms with Crippen molar-refractivity contribution >= 4 is 23.4 Å². The van der Waals surface area contributed by atoms with Gasteiger partial charge in [-0.05, 0) is 42.7 Å². The minimum absolute atomic E-state index is 0.0925. The highest BCUT2D eigenvalue weighted by molar-refractivity contribution is 7.99. The first-order chi connectivity index (χ1) is 15.0. The molecule has 0 radical (unpaired) electrons. The minimum Gasteiger partial charge on any atom is -0.486 e. The Morgan fingerprint density at radius 1 is 1.16 bits per heavy atom. The molecule has 0 fully saturated rings. The quantitative estimate of drug-likeness (QED) is 0.349. The molecule has 2 aromatic carbocycles. The van der Waals surface area contributed by atoms with Crippen molar-refractivity contribution in [3.05, 3.63) is 78.1 Å². The molecule has 0 unspecified atom stereocenters. The molecule has 0 saturated carbocycles. The van der Waals surface area contributed by atoms with Crippen LogP contribution in [0.3, 0.4) is 0 Å². The topological polar surface area (TPSA) is 69.0 Å². The summed E-state index contributed by atoms with van der Waals surface area (Å²) < 4.78 is 7.81. The van der Waals surface area contributed by atoms with E-state index in [1.807, 2.05) is 47.9 Å². The molecule has 31 heavy (non-hydrogen) atoms. The van der Waals surface area contributed by atoms with Crippen molar-refractivity contribution in [3.8, 4) is 5.75 Å². The Kier molecular flexibility index (Phi) is 7.89. The molecule has 3 aromatic rings. The van der Waals surface area contributed by atoms with Crippen LogP contribution in [0.1, 0.15) is 36.7 Å². The number of allylic oxidation sites excluding steroid dienone is 1. The third kappa shape index (κ3) is 6.46.